The fraction of sp³-hybridized carbons (Fsp3) is 0.667. The molecule has 2 rings (SSSR count). The maximum absolute atomic E-state index is 11.7. The first-order valence-corrected chi connectivity index (χ1v) is 6.61. The van der Waals surface area contributed by atoms with E-state index in [1.807, 2.05) is 0 Å². The van der Waals surface area contributed by atoms with Crippen LogP contribution < -0.4 is 22.3 Å². The number of aromatic nitrogens is 2. The van der Waals surface area contributed by atoms with E-state index in [0.29, 0.717) is 19.1 Å². The van der Waals surface area contributed by atoms with E-state index in [9.17, 15) is 9.59 Å². The molecule has 4 N–H and O–H groups in total. The van der Waals surface area contributed by atoms with Gasteiger partial charge in [0.1, 0.15) is 11.5 Å². The van der Waals surface area contributed by atoms with E-state index in [-0.39, 0.29) is 11.5 Å². The van der Waals surface area contributed by atoms with E-state index in [2.05, 4.69) is 22.2 Å². The fourth-order valence-electron chi connectivity index (χ4n) is 2.13. The highest BCUT2D eigenvalue weighted by Crippen LogP contribution is 2.24. The maximum Gasteiger partial charge on any atom is 0.330 e. The normalized spacial score (nSPS) is 14.9. The quantitative estimate of drug-likeness (QED) is 0.654. The molecule has 1 aliphatic carbocycles. The molecule has 106 valence electrons. The third-order valence-electron chi connectivity index (χ3n) is 3.49. The van der Waals surface area contributed by atoms with Gasteiger partial charge in [-0.05, 0) is 26.8 Å². The van der Waals surface area contributed by atoms with Crippen LogP contribution in [0.3, 0.4) is 0 Å². The van der Waals surface area contributed by atoms with Gasteiger partial charge in [-0.15, -0.1) is 0 Å². The van der Waals surface area contributed by atoms with Gasteiger partial charge in [-0.3, -0.25) is 14.3 Å². The summed E-state index contributed by atoms with van der Waals surface area (Å²) in [7, 11) is 2.07. The molecular weight excluding hydrogens is 246 g/mol. The molecule has 0 saturated heterocycles. The Kier molecular flexibility index (Phi) is 3.94. The number of nitrogens with one attached hydrogen (secondary N) is 2. The predicted molar refractivity (Wildman–Crippen MR) is 75.6 cm³/mol. The molecular formula is C12H21N5O2. The average Bonchev–Trinajstić information content (AvgIpc) is 3.17. The first-order chi connectivity index (χ1) is 9.04. The van der Waals surface area contributed by atoms with E-state index >= 15 is 0 Å². The van der Waals surface area contributed by atoms with Crippen molar-refractivity contribution in [3.05, 3.63) is 20.8 Å². The predicted octanol–water partition coefficient (Wildman–Crippen LogP) is -0.355. The van der Waals surface area contributed by atoms with Gasteiger partial charge in [0.2, 0.25) is 0 Å². The van der Waals surface area contributed by atoms with Gasteiger partial charge in [0.05, 0.1) is 0 Å². The molecule has 1 aromatic heterocycles. The van der Waals surface area contributed by atoms with Crippen molar-refractivity contribution in [3.8, 4) is 0 Å². The fourth-order valence-corrected chi connectivity index (χ4v) is 2.13. The lowest BCUT2D eigenvalue weighted by Gasteiger charge is -2.17. The second-order valence-electron chi connectivity index (χ2n) is 4.90. The van der Waals surface area contributed by atoms with Crippen molar-refractivity contribution in [2.75, 3.05) is 31.2 Å². The number of aromatic amines is 1. The molecule has 0 atom stereocenters. The molecule has 1 heterocycles. The summed E-state index contributed by atoms with van der Waals surface area (Å²) in [4.78, 5) is 27.8. The summed E-state index contributed by atoms with van der Waals surface area (Å²) in [6.07, 6.45) is 2.50. The first kappa shape index (κ1) is 13.7. The zero-order valence-corrected chi connectivity index (χ0v) is 11.4. The Labute approximate surface area is 111 Å². The number of H-pyrrole nitrogens is 1. The van der Waals surface area contributed by atoms with Gasteiger partial charge in [0, 0.05) is 25.7 Å². The summed E-state index contributed by atoms with van der Waals surface area (Å²) >= 11 is 0. The highest BCUT2D eigenvalue weighted by Gasteiger charge is 2.25. The van der Waals surface area contributed by atoms with Crippen LogP contribution in [-0.4, -0.2) is 40.6 Å². The Bertz CT molecular complexity index is 558. The lowest BCUT2D eigenvalue weighted by molar-refractivity contribution is 0.337. The smallest absolute Gasteiger partial charge is 0.330 e. The van der Waals surface area contributed by atoms with E-state index in [1.54, 1.807) is 6.92 Å². The van der Waals surface area contributed by atoms with Gasteiger partial charge < -0.3 is 16.0 Å². The average molecular weight is 267 g/mol. The summed E-state index contributed by atoms with van der Waals surface area (Å²) in [6, 6.07) is 0.682. The highest BCUT2D eigenvalue weighted by atomic mass is 16.2. The van der Waals surface area contributed by atoms with Crippen LogP contribution >= 0.6 is 0 Å². The van der Waals surface area contributed by atoms with Gasteiger partial charge in [-0.2, -0.15) is 0 Å². The van der Waals surface area contributed by atoms with Crippen molar-refractivity contribution in [1.82, 2.24) is 14.5 Å². The molecule has 1 aromatic rings. The van der Waals surface area contributed by atoms with Crippen molar-refractivity contribution in [2.45, 2.75) is 32.4 Å². The molecule has 0 amide bonds. The van der Waals surface area contributed by atoms with Crippen molar-refractivity contribution in [2.24, 2.45) is 0 Å². The SMILES string of the molecule is CCn1c(N)c(NCCN(C)C2CC2)c(=O)[nH]c1=O. The molecule has 1 saturated carbocycles. The van der Waals surface area contributed by atoms with Gasteiger partial charge >= 0.3 is 5.69 Å². The van der Waals surface area contributed by atoms with Crippen molar-refractivity contribution >= 4 is 11.5 Å². The maximum atomic E-state index is 11.7. The number of hydrogen-bond donors (Lipinski definition) is 3. The third-order valence-corrected chi connectivity index (χ3v) is 3.49. The van der Waals surface area contributed by atoms with E-state index in [1.165, 1.54) is 17.4 Å². The topological polar surface area (TPSA) is 96.2 Å². The molecule has 7 heteroatoms. The minimum atomic E-state index is -0.467. The number of nitrogen functional groups attached to an aromatic ring is 1. The van der Waals surface area contributed by atoms with Crippen LogP contribution in [0.2, 0.25) is 0 Å². The lowest BCUT2D eigenvalue weighted by atomic mass is 10.4. The van der Waals surface area contributed by atoms with Crippen LogP contribution in [0.5, 0.6) is 0 Å². The van der Waals surface area contributed by atoms with E-state index in [0.717, 1.165) is 6.54 Å². The Hall–Kier alpha value is -1.76. The van der Waals surface area contributed by atoms with Crippen LogP contribution in [0.1, 0.15) is 19.8 Å². The van der Waals surface area contributed by atoms with Crippen molar-refractivity contribution in [1.29, 1.82) is 0 Å². The molecule has 0 spiro atoms. The van der Waals surface area contributed by atoms with E-state index in [4.69, 9.17) is 5.73 Å². The Morgan fingerprint density at radius 2 is 2.16 bits per heavy atom. The van der Waals surface area contributed by atoms with E-state index < -0.39 is 11.2 Å². The highest BCUT2D eigenvalue weighted by molar-refractivity contribution is 5.60. The second-order valence-corrected chi connectivity index (χ2v) is 4.90. The number of likely N-dealkylation sites (N-methyl/N-ethyl adjacent to an activating group) is 1. The van der Waals surface area contributed by atoms with Crippen LogP contribution in [0.25, 0.3) is 0 Å². The van der Waals surface area contributed by atoms with Gasteiger partial charge in [-0.1, -0.05) is 0 Å². The first-order valence-electron chi connectivity index (χ1n) is 6.61. The van der Waals surface area contributed by atoms with Crippen LogP contribution in [0, 0.1) is 0 Å². The lowest BCUT2D eigenvalue weighted by Crippen LogP contribution is -2.35. The minimum Gasteiger partial charge on any atom is -0.383 e. The summed E-state index contributed by atoms with van der Waals surface area (Å²) < 4.78 is 1.34. The molecule has 0 aliphatic heterocycles. The van der Waals surface area contributed by atoms with Crippen LogP contribution in [-0.2, 0) is 6.54 Å². The molecule has 0 unspecified atom stereocenters. The molecule has 7 nitrogen and oxygen atoms in total. The number of rotatable bonds is 6. The van der Waals surface area contributed by atoms with Crippen molar-refractivity contribution < 1.29 is 0 Å². The largest absolute Gasteiger partial charge is 0.383 e. The summed E-state index contributed by atoms with van der Waals surface area (Å²) in [5.74, 6) is 0.199. The molecule has 0 radical (unpaired) electrons. The Balaban J connectivity index is 2.07. The molecule has 1 aliphatic rings. The molecule has 0 bridgehead atoms. The monoisotopic (exact) mass is 267 g/mol. The van der Waals surface area contributed by atoms with Gasteiger partial charge in [-0.25, -0.2) is 4.79 Å². The number of anilines is 2. The Morgan fingerprint density at radius 3 is 2.74 bits per heavy atom. The third kappa shape index (κ3) is 2.98. The van der Waals surface area contributed by atoms with Crippen LogP contribution in [0.4, 0.5) is 11.5 Å². The summed E-state index contributed by atoms with van der Waals surface area (Å²) in [6.45, 7) is 3.70. The van der Waals surface area contributed by atoms with Crippen LogP contribution in [0.15, 0.2) is 9.59 Å². The van der Waals surface area contributed by atoms with Gasteiger partial charge in [0.15, 0.2) is 0 Å². The summed E-state index contributed by atoms with van der Waals surface area (Å²) in [5.41, 5.74) is 5.21. The summed E-state index contributed by atoms with van der Waals surface area (Å²) in [5, 5.41) is 3.03. The zero-order valence-electron chi connectivity index (χ0n) is 11.4. The Morgan fingerprint density at radius 1 is 1.47 bits per heavy atom. The number of nitrogens with two attached hydrogens (primary N) is 1. The number of nitrogens with zero attached hydrogens (tertiary/aromatic N) is 2. The molecule has 0 aromatic carbocycles. The number of hydrogen-bond acceptors (Lipinski definition) is 5. The molecule has 19 heavy (non-hydrogen) atoms. The van der Waals surface area contributed by atoms with Gasteiger partial charge in [0.25, 0.3) is 5.56 Å². The minimum absolute atomic E-state index is 0.199. The standard InChI is InChI=1S/C12H21N5O2/c1-3-17-10(13)9(11(18)15-12(17)19)14-6-7-16(2)8-4-5-8/h8,14H,3-7,13H2,1-2H3,(H,15,18,19). The second kappa shape index (κ2) is 5.48. The molecule has 1 fully saturated rings. The van der Waals surface area contributed by atoms with Crippen molar-refractivity contribution in [3.63, 3.8) is 0 Å². The zero-order chi connectivity index (χ0) is 14.0.